The van der Waals surface area contributed by atoms with Crippen molar-refractivity contribution >= 4 is 42.2 Å². The molecule has 2 aliphatic heterocycles. The van der Waals surface area contributed by atoms with Crippen molar-refractivity contribution < 1.29 is 29.0 Å². The first-order chi connectivity index (χ1) is 9.38. The molecule has 1 N–H and O–H groups in total. The topological polar surface area (TPSA) is 93.1 Å². The Morgan fingerprint density at radius 3 is 2.70 bits per heavy atom. The molecule has 110 valence electrons. The maximum atomic E-state index is 11.9. The fourth-order valence-electron chi connectivity index (χ4n) is 2.11. The third-order valence-corrected chi connectivity index (χ3v) is 4.68. The number of amides is 1. The van der Waals surface area contributed by atoms with Gasteiger partial charge in [0.15, 0.2) is 11.5 Å². The highest BCUT2D eigenvalue weighted by molar-refractivity contribution is 8.00. The SMILES string of the molecule is CO[C@@H]1C(=O)N2C(C(=O)O)=C(C(S)OC(C)=O)CS[C@H]12. The van der Waals surface area contributed by atoms with Crippen LogP contribution in [0.4, 0.5) is 0 Å². The molecule has 2 rings (SSSR count). The van der Waals surface area contributed by atoms with Gasteiger partial charge < -0.3 is 14.6 Å². The summed E-state index contributed by atoms with van der Waals surface area (Å²) >= 11 is 5.44. The molecule has 1 saturated heterocycles. The fourth-order valence-corrected chi connectivity index (χ4v) is 3.99. The van der Waals surface area contributed by atoms with E-state index >= 15 is 0 Å². The highest BCUT2D eigenvalue weighted by atomic mass is 32.2. The molecule has 0 aromatic carbocycles. The van der Waals surface area contributed by atoms with Gasteiger partial charge in [0.1, 0.15) is 11.1 Å². The first-order valence-corrected chi connectivity index (χ1v) is 7.24. The minimum absolute atomic E-state index is 0.173. The van der Waals surface area contributed by atoms with E-state index in [9.17, 15) is 19.5 Å². The summed E-state index contributed by atoms with van der Waals surface area (Å²) in [6.45, 7) is 1.21. The number of aliphatic carboxylic acids is 1. The number of carboxylic acid groups (broad SMARTS) is 1. The zero-order chi connectivity index (χ0) is 15.0. The Morgan fingerprint density at radius 1 is 1.55 bits per heavy atom. The van der Waals surface area contributed by atoms with Gasteiger partial charge in [0.25, 0.3) is 5.91 Å². The van der Waals surface area contributed by atoms with Gasteiger partial charge in [-0.1, -0.05) is 0 Å². The van der Waals surface area contributed by atoms with Crippen LogP contribution in [-0.2, 0) is 23.9 Å². The van der Waals surface area contributed by atoms with Crippen molar-refractivity contribution in [1.29, 1.82) is 0 Å². The molecule has 3 atom stereocenters. The quantitative estimate of drug-likeness (QED) is 0.328. The predicted molar refractivity (Wildman–Crippen MR) is 73.1 cm³/mol. The molecular formula is C11H13NO6S2. The second-order valence-corrected chi connectivity index (χ2v) is 5.78. The van der Waals surface area contributed by atoms with Gasteiger partial charge in [-0.05, 0) is 0 Å². The Kier molecular flexibility index (Phi) is 4.31. The van der Waals surface area contributed by atoms with E-state index in [1.165, 1.54) is 25.8 Å². The molecule has 2 heterocycles. The second kappa shape index (κ2) is 5.66. The minimum atomic E-state index is -1.25. The Bertz CT molecular complexity index is 505. The molecule has 9 heteroatoms. The largest absolute Gasteiger partial charge is 0.477 e. The molecule has 0 aromatic heterocycles. The van der Waals surface area contributed by atoms with E-state index in [0.717, 1.165) is 4.90 Å². The number of β-lactam (4-membered cyclic amide) rings is 1. The van der Waals surface area contributed by atoms with E-state index < -0.39 is 29.4 Å². The molecule has 0 radical (unpaired) electrons. The Balaban J connectivity index is 2.33. The van der Waals surface area contributed by atoms with Gasteiger partial charge in [-0.15, -0.1) is 24.4 Å². The van der Waals surface area contributed by atoms with E-state index in [1.807, 2.05) is 0 Å². The van der Waals surface area contributed by atoms with Gasteiger partial charge in [0, 0.05) is 25.4 Å². The summed E-state index contributed by atoms with van der Waals surface area (Å²) in [7, 11) is 1.40. The smallest absolute Gasteiger partial charge is 0.352 e. The average molecular weight is 319 g/mol. The Labute approximate surface area is 124 Å². The maximum Gasteiger partial charge on any atom is 0.352 e. The molecule has 20 heavy (non-hydrogen) atoms. The summed E-state index contributed by atoms with van der Waals surface area (Å²) in [4.78, 5) is 35.4. The summed E-state index contributed by atoms with van der Waals surface area (Å²) in [6, 6.07) is 0. The number of nitrogens with zero attached hydrogens (tertiary/aromatic N) is 1. The van der Waals surface area contributed by atoms with Crippen molar-refractivity contribution in [2.45, 2.75) is 23.8 Å². The monoisotopic (exact) mass is 319 g/mol. The van der Waals surface area contributed by atoms with E-state index in [2.05, 4.69) is 12.6 Å². The van der Waals surface area contributed by atoms with E-state index in [4.69, 9.17) is 9.47 Å². The summed E-state index contributed by atoms with van der Waals surface area (Å²) in [5, 5.41) is 8.95. The zero-order valence-electron chi connectivity index (χ0n) is 10.7. The standard InChI is InChI=1S/C11H13NO6S2/c1-4(13)18-11(19)5-3-20-9-7(17-2)8(14)12(9)6(5)10(15)16/h7,9,11,19H,3H2,1-2H3,(H,15,16)/t7-,9-,11?/m1/s1. The zero-order valence-corrected chi connectivity index (χ0v) is 12.4. The Morgan fingerprint density at radius 2 is 2.20 bits per heavy atom. The molecule has 1 unspecified atom stereocenters. The molecular weight excluding hydrogens is 306 g/mol. The lowest BCUT2D eigenvalue weighted by Gasteiger charge is -2.48. The van der Waals surface area contributed by atoms with Crippen molar-refractivity contribution in [2.75, 3.05) is 12.9 Å². The van der Waals surface area contributed by atoms with Gasteiger partial charge >= 0.3 is 11.9 Å². The highest BCUT2D eigenvalue weighted by Crippen LogP contribution is 2.42. The van der Waals surface area contributed by atoms with Gasteiger partial charge in [0.2, 0.25) is 0 Å². The number of hydrogen-bond acceptors (Lipinski definition) is 7. The lowest BCUT2D eigenvalue weighted by molar-refractivity contribution is -0.162. The molecule has 0 spiro atoms. The number of carbonyl (C=O) groups excluding carboxylic acids is 2. The number of carbonyl (C=O) groups is 3. The number of ether oxygens (including phenoxy) is 2. The summed E-state index contributed by atoms with van der Waals surface area (Å²) in [5.74, 6) is -1.93. The van der Waals surface area contributed by atoms with Crippen LogP contribution in [0.3, 0.4) is 0 Å². The number of rotatable bonds is 4. The van der Waals surface area contributed by atoms with Crippen molar-refractivity contribution in [1.82, 2.24) is 4.90 Å². The molecule has 0 saturated carbocycles. The lowest BCUT2D eigenvalue weighted by atomic mass is 10.1. The second-order valence-electron chi connectivity index (χ2n) is 4.21. The van der Waals surface area contributed by atoms with Crippen LogP contribution in [-0.4, -0.2) is 57.6 Å². The van der Waals surface area contributed by atoms with Crippen molar-refractivity contribution in [3.05, 3.63) is 11.3 Å². The molecule has 1 amide bonds. The number of thiol groups is 1. The fraction of sp³-hybridized carbons (Fsp3) is 0.545. The average Bonchev–Trinajstić information content (AvgIpc) is 2.36. The van der Waals surface area contributed by atoms with Crippen molar-refractivity contribution in [2.24, 2.45) is 0 Å². The minimum Gasteiger partial charge on any atom is -0.477 e. The number of hydrogen-bond donors (Lipinski definition) is 2. The van der Waals surface area contributed by atoms with E-state index in [0.29, 0.717) is 11.3 Å². The molecule has 1 fully saturated rings. The molecule has 0 bridgehead atoms. The van der Waals surface area contributed by atoms with Crippen LogP contribution in [0.1, 0.15) is 6.92 Å². The van der Waals surface area contributed by atoms with Crippen LogP contribution >= 0.6 is 24.4 Å². The molecule has 0 aliphatic carbocycles. The van der Waals surface area contributed by atoms with Gasteiger partial charge in [-0.25, -0.2) is 4.79 Å². The van der Waals surface area contributed by atoms with E-state index in [1.54, 1.807) is 0 Å². The molecule has 0 aromatic rings. The molecule has 2 aliphatic rings. The number of fused-ring (bicyclic) bond motifs is 1. The maximum absolute atomic E-state index is 11.9. The number of esters is 1. The van der Waals surface area contributed by atoms with Crippen LogP contribution in [0.15, 0.2) is 11.3 Å². The summed E-state index contributed by atoms with van der Waals surface area (Å²) < 4.78 is 9.91. The predicted octanol–water partition coefficient (Wildman–Crippen LogP) is 0.0742. The third-order valence-electron chi connectivity index (χ3n) is 2.98. The van der Waals surface area contributed by atoms with Gasteiger partial charge in [0.05, 0.1) is 0 Å². The van der Waals surface area contributed by atoms with Gasteiger partial charge in [-0.3, -0.25) is 14.5 Å². The van der Waals surface area contributed by atoms with Crippen molar-refractivity contribution in [3.8, 4) is 0 Å². The van der Waals surface area contributed by atoms with Gasteiger partial charge in [-0.2, -0.15) is 0 Å². The normalized spacial score (nSPS) is 26.8. The highest BCUT2D eigenvalue weighted by Gasteiger charge is 2.54. The summed E-state index contributed by atoms with van der Waals surface area (Å²) in [5.41, 5.74) is -0.866. The lowest BCUT2D eigenvalue weighted by Crippen LogP contribution is -2.65. The van der Waals surface area contributed by atoms with Crippen LogP contribution in [0, 0.1) is 0 Å². The van der Waals surface area contributed by atoms with Crippen molar-refractivity contribution in [3.63, 3.8) is 0 Å². The first kappa shape index (κ1) is 15.2. The first-order valence-electron chi connectivity index (χ1n) is 5.67. The van der Waals surface area contributed by atoms with E-state index in [-0.39, 0.29) is 11.1 Å². The van der Waals surface area contributed by atoms with Crippen LogP contribution in [0.5, 0.6) is 0 Å². The summed E-state index contributed by atoms with van der Waals surface area (Å²) in [6.07, 6.45) is -0.636. The van der Waals surface area contributed by atoms with Crippen LogP contribution in [0.25, 0.3) is 0 Å². The Hall–Kier alpha value is -1.19. The third kappa shape index (κ3) is 2.40. The number of thioether (sulfide) groups is 1. The van der Waals surface area contributed by atoms with Crippen LogP contribution < -0.4 is 0 Å². The number of carboxylic acids is 1. The van der Waals surface area contributed by atoms with Crippen LogP contribution in [0.2, 0.25) is 0 Å². The number of methoxy groups -OCH3 is 1. The molecule has 7 nitrogen and oxygen atoms in total.